The molecule has 0 aliphatic rings. The molecule has 0 aliphatic carbocycles. The zero-order valence-electron chi connectivity index (χ0n) is 17.5. The smallest absolute Gasteiger partial charge is 0.348 e. The molecule has 1 N–H and O–H groups in total. The van der Waals surface area contributed by atoms with Crippen molar-refractivity contribution in [3.63, 3.8) is 0 Å². The molecule has 0 atom stereocenters. The summed E-state index contributed by atoms with van der Waals surface area (Å²) in [6.45, 7) is 0.831. The van der Waals surface area contributed by atoms with E-state index < -0.39 is 36.2 Å². The number of nitrogens with one attached hydrogen (secondary N) is 1. The third kappa shape index (κ3) is 6.20. The highest BCUT2D eigenvalue weighted by atomic mass is 32.1. The predicted molar refractivity (Wildman–Crippen MR) is 111 cm³/mol. The molecule has 0 aliphatic heterocycles. The lowest BCUT2D eigenvalue weighted by atomic mass is 10.1. The molecule has 1 amide bonds. The lowest BCUT2D eigenvalue weighted by molar-refractivity contribution is -0.147. The molecule has 1 aromatic carbocycles. The number of methoxy groups -OCH3 is 2. The molecule has 11 heteroatoms. The van der Waals surface area contributed by atoms with Gasteiger partial charge in [-0.1, -0.05) is 0 Å². The average molecular weight is 465 g/mol. The summed E-state index contributed by atoms with van der Waals surface area (Å²) in [6.07, 6.45) is -0.452. The van der Waals surface area contributed by atoms with Gasteiger partial charge in [-0.05, 0) is 36.8 Å². The lowest BCUT2D eigenvalue weighted by Crippen LogP contribution is -2.22. The average Bonchev–Trinajstić information content (AvgIpc) is 3.10. The van der Waals surface area contributed by atoms with Gasteiger partial charge in [0.25, 0.3) is 5.91 Å². The number of carbonyl (C=O) groups is 5. The number of ketones is 1. The molecule has 1 aromatic heterocycles. The molecule has 0 bridgehead atoms. The summed E-state index contributed by atoms with van der Waals surface area (Å²) < 4.78 is 27.1. The number of rotatable bonds is 9. The van der Waals surface area contributed by atoms with Gasteiger partial charge in [-0.25, -0.2) is 14.0 Å². The molecular weight excluding hydrogens is 445 g/mol. The Morgan fingerprint density at radius 1 is 0.969 bits per heavy atom. The highest BCUT2D eigenvalue weighted by Crippen LogP contribution is 2.34. The van der Waals surface area contributed by atoms with Crippen LogP contribution in [0.4, 0.5) is 9.39 Å². The van der Waals surface area contributed by atoms with Crippen LogP contribution in [0, 0.1) is 12.7 Å². The highest BCUT2D eigenvalue weighted by Gasteiger charge is 2.27. The van der Waals surface area contributed by atoms with Crippen LogP contribution in [0.15, 0.2) is 24.3 Å². The number of amides is 1. The monoisotopic (exact) mass is 465 g/mol. The summed E-state index contributed by atoms with van der Waals surface area (Å²) in [7, 11) is 2.33. The molecule has 0 unspecified atom stereocenters. The second kappa shape index (κ2) is 11.1. The van der Waals surface area contributed by atoms with E-state index in [0.29, 0.717) is 0 Å². The van der Waals surface area contributed by atoms with Crippen molar-refractivity contribution in [1.29, 1.82) is 0 Å². The lowest BCUT2D eigenvalue weighted by Gasteiger charge is -2.07. The van der Waals surface area contributed by atoms with Crippen molar-refractivity contribution in [2.45, 2.75) is 19.8 Å². The van der Waals surface area contributed by atoms with Gasteiger partial charge < -0.3 is 19.5 Å². The molecule has 1 heterocycles. The molecule has 0 spiro atoms. The van der Waals surface area contributed by atoms with Crippen LogP contribution >= 0.6 is 11.3 Å². The van der Waals surface area contributed by atoms with E-state index in [2.05, 4.69) is 14.8 Å². The fraction of sp³-hybridized carbons (Fsp3) is 0.286. The fourth-order valence-corrected chi connectivity index (χ4v) is 3.74. The summed E-state index contributed by atoms with van der Waals surface area (Å²) in [4.78, 5) is 60.1. The van der Waals surface area contributed by atoms with Crippen molar-refractivity contribution in [3.05, 3.63) is 51.7 Å². The Hall–Kier alpha value is -3.60. The van der Waals surface area contributed by atoms with E-state index in [1.165, 1.54) is 26.2 Å². The van der Waals surface area contributed by atoms with E-state index in [1.807, 2.05) is 0 Å². The Morgan fingerprint density at radius 3 is 2.19 bits per heavy atom. The largest absolute Gasteiger partial charge is 0.465 e. The van der Waals surface area contributed by atoms with Crippen molar-refractivity contribution in [2.75, 3.05) is 26.1 Å². The zero-order valence-corrected chi connectivity index (χ0v) is 18.3. The summed E-state index contributed by atoms with van der Waals surface area (Å²) in [5, 5.41) is 2.45. The third-order valence-corrected chi connectivity index (χ3v) is 5.43. The Kier molecular flexibility index (Phi) is 8.59. The van der Waals surface area contributed by atoms with Gasteiger partial charge in [0.05, 0.1) is 26.2 Å². The SMILES string of the molecule is COC(=O)c1sc(NC(=O)COC(=O)CCC(=O)c2ccc(F)cc2)c(C(=O)OC)c1C. The van der Waals surface area contributed by atoms with E-state index in [9.17, 15) is 28.4 Å². The Morgan fingerprint density at radius 2 is 1.59 bits per heavy atom. The van der Waals surface area contributed by atoms with Crippen LogP contribution in [0.3, 0.4) is 0 Å². The molecule has 2 rings (SSSR count). The highest BCUT2D eigenvalue weighted by molar-refractivity contribution is 7.18. The van der Waals surface area contributed by atoms with Crippen molar-refractivity contribution in [2.24, 2.45) is 0 Å². The molecule has 0 saturated heterocycles. The van der Waals surface area contributed by atoms with Gasteiger partial charge in [-0.3, -0.25) is 14.4 Å². The predicted octanol–water partition coefficient (Wildman–Crippen LogP) is 2.91. The number of hydrogen-bond acceptors (Lipinski definition) is 9. The summed E-state index contributed by atoms with van der Waals surface area (Å²) in [5.74, 6) is -3.86. The molecule has 0 fully saturated rings. The standard InChI is InChI=1S/C21H20FNO8S/c1-11-17(20(27)29-2)19(32-18(11)21(28)30-3)23-15(25)10-31-16(26)9-8-14(24)12-4-6-13(22)7-5-12/h4-7H,8-10H2,1-3H3,(H,23,25). The Labute approximate surface area is 186 Å². The number of carbonyl (C=O) groups excluding carboxylic acids is 5. The van der Waals surface area contributed by atoms with E-state index in [4.69, 9.17) is 4.74 Å². The summed E-state index contributed by atoms with van der Waals surface area (Å²) in [6, 6.07) is 4.88. The van der Waals surface area contributed by atoms with Crippen LogP contribution < -0.4 is 5.32 Å². The van der Waals surface area contributed by atoms with Crippen molar-refractivity contribution >= 4 is 45.9 Å². The minimum absolute atomic E-state index is 0.0116. The topological polar surface area (TPSA) is 125 Å². The molecule has 170 valence electrons. The van der Waals surface area contributed by atoms with Gasteiger partial charge in [-0.15, -0.1) is 11.3 Å². The number of Topliss-reactive ketones (excluding diaryl/α,β-unsaturated/α-hetero) is 1. The minimum atomic E-state index is -0.790. The summed E-state index contributed by atoms with van der Waals surface area (Å²) >= 11 is 0.819. The van der Waals surface area contributed by atoms with Crippen LogP contribution in [0.1, 0.15) is 48.8 Å². The second-order valence-corrected chi connectivity index (χ2v) is 7.40. The maximum Gasteiger partial charge on any atom is 0.348 e. The van der Waals surface area contributed by atoms with Crippen molar-refractivity contribution in [3.8, 4) is 0 Å². The number of hydrogen-bond donors (Lipinski definition) is 1. The van der Waals surface area contributed by atoms with Gasteiger partial charge in [0.2, 0.25) is 0 Å². The van der Waals surface area contributed by atoms with Gasteiger partial charge >= 0.3 is 17.9 Å². The van der Waals surface area contributed by atoms with Crippen LogP contribution in [-0.4, -0.2) is 50.4 Å². The minimum Gasteiger partial charge on any atom is -0.465 e. The van der Waals surface area contributed by atoms with Crippen LogP contribution in [0.2, 0.25) is 0 Å². The van der Waals surface area contributed by atoms with Crippen LogP contribution in [0.5, 0.6) is 0 Å². The maximum atomic E-state index is 12.9. The molecule has 0 radical (unpaired) electrons. The molecular formula is C21H20FNO8S. The Bertz CT molecular complexity index is 1040. The first-order valence-electron chi connectivity index (χ1n) is 9.22. The first kappa shape index (κ1) is 24.7. The molecule has 0 saturated carbocycles. The number of ether oxygens (including phenoxy) is 3. The molecule has 2 aromatic rings. The van der Waals surface area contributed by atoms with E-state index in [-0.39, 0.29) is 45.2 Å². The summed E-state index contributed by atoms with van der Waals surface area (Å²) in [5.41, 5.74) is 0.518. The van der Waals surface area contributed by atoms with Gasteiger partial charge in [0.1, 0.15) is 15.7 Å². The number of anilines is 1. The van der Waals surface area contributed by atoms with Gasteiger partial charge in [0.15, 0.2) is 12.4 Å². The number of thiophene rings is 1. The van der Waals surface area contributed by atoms with E-state index >= 15 is 0 Å². The quantitative estimate of drug-likeness (QED) is 0.340. The maximum absolute atomic E-state index is 12.9. The van der Waals surface area contributed by atoms with E-state index in [1.54, 1.807) is 0 Å². The molecule has 9 nitrogen and oxygen atoms in total. The van der Waals surface area contributed by atoms with Crippen molar-refractivity contribution in [1.82, 2.24) is 0 Å². The molecule has 32 heavy (non-hydrogen) atoms. The van der Waals surface area contributed by atoms with Crippen LogP contribution in [-0.2, 0) is 23.8 Å². The second-order valence-electron chi connectivity index (χ2n) is 6.38. The normalized spacial score (nSPS) is 10.2. The zero-order chi connectivity index (χ0) is 23.8. The van der Waals surface area contributed by atoms with Gasteiger partial charge in [-0.2, -0.15) is 0 Å². The Balaban J connectivity index is 1.94. The number of halogens is 1. The van der Waals surface area contributed by atoms with Crippen molar-refractivity contribution < 1.29 is 42.6 Å². The first-order valence-corrected chi connectivity index (χ1v) is 10.0. The number of benzene rings is 1. The fourth-order valence-electron chi connectivity index (χ4n) is 2.61. The van der Waals surface area contributed by atoms with Crippen LogP contribution in [0.25, 0.3) is 0 Å². The first-order chi connectivity index (χ1) is 15.2. The third-order valence-electron chi connectivity index (χ3n) is 4.25. The number of esters is 3. The van der Waals surface area contributed by atoms with Gasteiger partial charge in [0, 0.05) is 12.0 Å². The van der Waals surface area contributed by atoms with E-state index in [0.717, 1.165) is 30.6 Å².